The Labute approximate surface area is 252 Å². The summed E-state index contributed by atoms with van der Waals surface area (Å²) in [7, 11) is -4.17. The first-order valence-corrected chi connectivity index (χ1v) is 15.5. The number of hydrogen-bond acceptors (Lipinski definition) is 4. The van der Waals surface area contributed by atoms with E-state index in [0.29, 0.717) is 5.02 Å². The van der Waals surface area contributed by atoms with E-state index >= 15 is 0 Å². The molecule has 2 amide bonds. The molecule has 0 aliphatic heterocycles. The third-order valence-electron chi connectivity index (χ3n) is 6.60. The number of anilines is 1. The lowest BCUT2D eigenvalue weighted by Crippen LogP contribution is -2.54. The minimum absolute atomic E-state index is 0.0331. The Kier molecular flexibility index (Phi) is 10.4. The van der Waals surface area contributed by atoms with Gasteiger partial charge in [0.15, 0.2) is 0 Å². The highest BCUT2D eigenvalue weighted by Gasteiger charge is 2.34. The lowest BCUT2D eigenvalue weighted by Gasteiger charge is -2.34. The predicted octanol–water partition coefficient (Wildman–Crippen LogP) is 5.70. The third kappa shape index (κ3) is 7.99. The SMILES string of the molecule is CC(C)NC(=O)[C@H](Cc1ccccc1)N(Cc1ccccc1)C(=O)CN(c1cccc(Cl)c1)S(=O)(=O)c1ccccc1. The second-order valence-electron chi connectivity index (χ2n) is 10.2. The van der Waals surface area contributed by atoms with Crippen molar-refractivity contribution >= 4 is 39.1 Å². The van der Waals surface area contributed by atoms with Crippen molar-refractivity contribution in [1.82, 2.24) is 10.2 Å². The first-order valence-electron chi connectivity index (χ1n) is 13.7. The van der Waals surface area contributed by atoms with Gasteiger partial charge in [0.05, 0.1) is 10.6 Å². The van der Waals surface area contributed by atoms with Gasteiger partial charge in [0.25, 0.3) is 10.0 Å². The van der Waals surface area contributed by atoms with Crippen LogP contribution in [-0.2, 0) is 32.6 Å². The minimum atomic E-state index is -4.17. The molecule has 4 rings (SSSR count). The summed E-state index contributed by atoms with van der Waals surface area (Å²) >= 11 is 6.25. The molecule has 0 unspecified atom stereocenters. The molecule has 4 aromatic carbocycles. The van der Waals surface area contributed by atoms with Crippen LogP contribution in [0, 0.1) is 0 Å². The number of rotatable bonds is 12. The topological polar surface area (TPSA) is 86.8 Å². The van der Waals surface area contributed by atoms with Crippen LogP contribution in [0.1, 0.15) is 25.0 Å². The third-order valence-corrected chi connectivity index (χ3v) is 8.63. The number of benzene rings is 4. The monoisotopic (exact) mass is 603 g/mol. The van der Waals surface area contributed by atoms with Gasteiger partial charge in [-0.15, -0.1) is 0 Å². The van der Waals surface area contributed by atoms with Gasteiger partial charge in [0.1, 0.15) is 12.6 Å². The summed E-state index contributed by atoms with van der Waals surface area (Å²) in [5.41, 5.74) is 1.92. The number of sulfonamides is 1. The number of carbonyl (C=O) groups is 2. The van der Waals surface area contributed by atoms with E-state index in [0.717, 1.165) is 15.4 Å². The van der Waals surface area contributed by atoms with Gasteiger partial charge in [0, 0.05) is 24.0 Å². The lowest BCUT2D eigenvalue weighted by atomic mass is 10.0. The fraction of sp³-hybridized carbons (Fsp3) is 0.212. The minimum Gasteiger partial charge on any atom is -0.352 e. The van der Waals surface area contributed by atoms with Crippen LogP contribution in [0.2, 0.25) is 5.02 Å². The van der Waals surface area contributed by atoms with E-state index in [1.54, 1.807) is 36.4 Å². The summed E-state index contributed by atoms with van der Waals surface area (Å²) in [6.45, 7) is 3.28. The van der Waals surface area contributed by atoms with Crippen LogP contribution in [0.5, 0.6) is 0 Å². The molecule has 1 atom stereocenters. The van der Waals surface area contributed by atoms with Crippen LogP contribution >= 0.6 is 11.6 Å². The smallest absolute Gasteiger partial charge is 0.264 e. The zero-order chi connectivity index (χ0) is 30.1. The lowest BCUT2D eigenvalue weighted by molar-refractivity contribution is -0.140. The zero-order valence-corrected chi connectivity index (χ0v) is 25.1. The van der Waals surface area contributed by atoms with Gasteiger partial charge >= 0.3 is 0 Å². The van der Waals surface area contributed by atoms with Crippen LogP contribution in [0.3, 0.4) is 0 Å². The van der Waals surface area contributed by atoms with Gasteiger partial charge in [-0.2, -0.15) is 0 Å². The Hall–Kier alpha value is -4.14. The summed E-state index contributed by atoms with van der Waals surface area (Å²) in [6, 6.07) is 32.0. The molecular formula is C33H34ClN3O4S. The van der Waals surface area contributed by atoms with E-state index in [4.69, 9.17) is 11.6 Å². The number of nitrogens with zero attached hydrogens (tertiary/aromatic N) is 2. The van der Waals surface area contributed by atoms with Crippen LogP contribution in [0.25, 0.3) is 0 Å². The Morgan fingerprint density at radius 2 is 1.36 bits per heavy atom. The number of carbonyl (C=O) groups excluding carboxylic acids is 2. The fourth-order valence-electron chi connectivity index (χ4n) is 4.59. The second kappa shape index (κ2) is 14.2. The summed E-state index contributed by atoms with van der Waals surface area (Å²) in [4.78, 5) is 29.5. The maximum Gasteiger partial charge on any atom is 0.264 e. The number of amides is 2. The Balaban J connectivity index is 1.79. The van der Waals surface area contributed by atoms with Gasteiger partial charge < -0.3 is 10.2 Å². The Bertz CT molecular complexity index is 1580. The van der Waals surface area contributed by atoms with E-state index in [9.17, 15) is 18.0 Å². The van der Waals surface area contributed by atoms with Crippen molar-refractivity contribution in [2.45, 2.75) is 43.8 Å². The highest BCUT2D eigenvalue weighted by molar-refractivity contribution is 7.92. The van der Waals surface area contributed by atoms with Crippen molar-refractivity contribution in [2.24, 2.45) is 0 Å². The van der Waals surface area contributed by atoms with Crippen molar-refractivity contribution in [3.63, 3.8) is 0 Å². The van der Waals surface area contributed by atoms with Crippen molar-refractivity contribution in [1.29, 1.82) is 0 Å². The zero-order valence-electron chi connectivity index (χ0n) is 23.6. The molecule has 0 saturated carbocycles. The van der Waals surface area contributed by atoms with Crippen LogP contribution in [-0.4, -0.2) is 43.8 Å². The van der Waals surface area contributed by atoms with Crippen molar-refractivity contribution in [2.75, 3.05) is 10.8 Å². The maximum absolute atomic E-state index is 14.3. The first-order chi connectivity index (χ1) is 20.1. The molecule has 4 aromatic rings. The highest BCUT2D eigenvalue weighted by atomic mass is 35.5. The summed E-state index contributed by atoms with van der Waals surface area (Å²) in [5.74, 6) is -0.850. The van der Waals surface area contributed by atoms with E-state index in [1.165, 1.54) is 23.1 Å². The molecule has 9 heteroatoms. The average Bonchev–Trinajstić information content (AvgIpc) is 2.98. The van der Waals surface area contributed by atoms with Gasteiger partial charge in [-0.1, -0.05) is 96.5 Å². The summed E-state index contributed by atoms with van der Waals surface area (Å²) in [5, 5.41) is 3.28. The Morgan fingerprint density at radius 1 is 0.786 bits per heavy atom. The van der Waals surface area contributed by atoms with E-state index in [1.807, 2.05) is 74.5 Å². The molecular weight excluding hydrogens is 570 g/mol. The molecule has 1 N–H and O–H groups in total. The number of nitrogens with one attached hydrogen (secondary N) is 1. The standard InChI is InChI=1S/C33H34ClN3O4S/c1-25(2)35-33(39)31(21-26-13-6-3-7-14-26)36(23-27-15-8-4-9-16-27)32(38)24-37(29-18-12-17-28(34)22-29)42(40,41)30-19-10-5-11-20-30/h3-20,22,25,31H,21,23-24H2,1-2H3,(H,35,39)/t31-/m0/s1. The first kappa shape index (κ1) is 30.8. The highest BCUT2D eigenvalue weighted by Crippen LogP contribution is 2.27. The predicted molar refractivity (Wildman–Crippen MR) is 167 cm³/mol. The number of hydrogen-bond donors (Lipinski definition) is 1. The molecule has 0 aliphatic rings. The largest absolute Gasteiger partial charge is 0.352 e. The van der Waals surface area contributed by atoms with Gasteiger partial charge in [-0.3, -0.25) is 13.9 Å². The van der Waals surface area contributed by atoms with E-state index in [2.05, 4.69) is 5.32 Å². The second-order valence-corrected chi connectivity index (χ2v) is 12.5. The van der Waals surface area contributed by atoms with E-state index in [-0.39, 0.29) is 35.5 Å². The molecule has 0 bridgehead atoms. The average molecular weight is 604 g/mol. The quantitative estimate of drug-likeness (QED) is 0.225. The number of halogens is 1. The molecule has 0 saturated heterocycles. The van der Waals surface area contributed by atoms with Crippen LogP contribution < -0.4 is 9.62 Å². The van der Waals surface area contributed by atoms with E-state index < -0.39 is 28.5 Å². The molecule has 0 spiro atoms. The molecule has 0 aliphatic carbocycles. The molecule has 218 valence electrons. The van der Waals surface area contributed by atoms with Crippen molar-refractivity contribution in [3.8, 4) is 0 Å². The van der Waals surface area contributed by atoms with Crippen LogP contribution in [0.4, 0.5) is 5.69 Å². The van der Waals surface area contributed by atoms with Gasteiger partial charge in [-0.05, 0) is 55.3 Å². The molecule has 0 fully saturated rings. The van der Waals surface area contributed by atoms with Gasteiger partial charge in [0.2, 0.25) is 11.8 Å². The van der Waals surface area contributed by atoms with Gasteiger partial charge in [-0.25, -0.2) is 8.42 Å². The normalized spacial score (nSPS) is 12.0. The molecule has 0 heterocycles. The molecule has 42 heavy (non-hydrogen) atoms. The summed E-state index contributed by atoms with van der Waals surface area (Å²) < 4.78 is 28.9. The Morgan fingerprint density at radius 3 is 1.93 bits per heavy atom. The fourth-order valence-corrected chi connectivity index (χ4v) is 6.21. The van der Waals surface area contributed by atoms with Crippen molar-refractivity contribution in [3.05, 3.63) is 131 Å². The van der Waals surface area contributed by atoms with Crippen molar-refractivity contribution < 1.29 is 18.0 Å². The molecule has 7 nitrogen and oxygen atoms in total. The molecule has 0 aromatic heterocycles. The molecule has 0 radical (unpaired) electrons. The van der Waals surface area contributed by atoms with Crippen LogP contribution in [0.15, 0.2) is 120 Å². The summed E-state index contributed by atoms with van der Waals surface area (Å²) in [6.07, 6.45) is 0.251. The maximum atomic E-state index is 14.3.